The van der Waals surface area contributed by atoms with Gasteiger partial charge in [0.15, 0.2) is 5.65 Å². The van der Waals surface area contributed by atoms with Crippen LogP contribution < -0.4 is 9.64 Å². The van der Waals surface area contributed by atoms with Crippen LogP contribution in [-0.4, -0.2) is 39.0 Å². The SMILES string of the molecule is FC(F)c1nnc2ccc(N3CCC[C@@H]3COc3ccccc3)nn12. The van der Waals surface area contributed by atoms with Crippen LogP contribution in [0.25, 0.3) is 5.65 Å². The van der Waals surface area contributed by atoms with Gasteiger partial charge in [0.2, 0.25) is 5.82 Å². The smallest absolute Gasteiger partial charge is 0.299 e. The number of fused-ring (bicyclic) bond motifs is 1. The lowest BCUT2D eigenvalue weighted by Gasteiger charge is -2.25. The predicted octanol–water partition coefficient (Wildman–Crippen LogP) is 3.11. The number of benzene rings is 1. The van der Waals surface area contributed by atoms with Crippen LogP contribution in [0.1, 0.15) is 25.1 Å². The normalized spacial score (nSPS) is 17.6. The zero-order valence-corrected chi connectivity index (χ0v) is 13.4. The maximum Gasteiger partial charge on any atom is 0.299 e. The van der Waals surface area contributed by atoms with Crippen LogP contribution in [0.4, 0.5) is 14.6 Å². The number of rotatable bonds is 5. The zero-order chi connectivity index (χ0) is 17.2. The summed E-state index contributed by atoms with van der Waals surface area (Å²) >= 11 is 0. The molecule has 2 aromatic heterocycles. The summed E-state index contributed by atoms with van der Waals surface area (Å²) in [6.07, 6.45) is -0.739. The van der Waals surface area contributed by atoms with E-state index in [4.69, 9.17) is 4.74 Å². The van der Waals surface area contributed by atoms with Gasteiger partial charge < -0.3 is 9.64 Å². The molecule has 1 saturated heterocycles. The van der Waals surface area contributed by atoms with Crippen molar-refractivity contribution in [2.24, 2.45) is 0 Å². The van der Waals surface area contributed by atoms with Gasteiger partial charge >= 0.3 is 0 Å². The summed E-state index contributed by atoms with van der Waals surface area (Å²) < 4.78 is 33.0. The molecule has 1 aliphatic heterocycles. The summed E-state index contributed by atoms with van der Waals surface area (Å²) in [5.74, 6) is 1.01. The first-order valence-corrected chi connectivity index (χ1v) is 8.17. The third kappa shape index (κ3) is 3.11. The fourth-order valence-electron chi connectivity index (χ4n) is 3.10. The zero-order valence-electron chi connectivity index (χ0n) is 13.4. The lowest BCUT2D eigenvalue weighted by Crippen LogP contribution is -2.35. The number of ether oxygens (including phenoxy) is 1. The van der Waals surface area contributed by atoms with Crippen LogP contribution in [0.2, 0.25) is 0 Å². The number of hydrogen-bond donors (Lipinski definition) is 0. The minimum Gasteiger partial charge on any atom is -0.491 e. The van der Waals surface area contributed by atoms with E-state index in [1.807, 2.05) is 30.3 Å². The first-order chi connectivity index (χ1) is 12.2. The van der Waals surface area contributed by atoms with Crippen molar-refractivity contribution in [2.45, 2.75) is 25.3 Å². The van der Waals surface area contributed by atoms with Crippen molar-refractivity contribution in [1.82, 2.24) is 19.8 Å². The molecule has 1 fully saturated rings. The average molecular weight is 345 g/mol. The fourth-order valence-corrected chi connectivity index (χ4v) is 3.10. The first kappa shape index (κ1) is 15.7. The Bertz CT molecular complexity index is 855. The molecule has 0 amide bonds. The number of halogens is 2. The van der Waals surface area contributed by atoms with Gasteiger partial charge in [-0.1, -0.05) is 18.2 Å². The van der Waals surface area contributed by atoms with Crippen molar-refractivity contribution < 1.29 is 13.5 Å². The van der Waals surface area contributed by atoms with Crippen LogP contribution in [0, 0.1) is 0 Å². The molecule has 1 aromatic carbocycles. The summed E-state index contributed by atoms with van der Waals surface area (Å²) in [6.45, 7) is 1.33. The second kappa shape index (κ2) is 6.62. The van der Waals surface area contributed by atoms with E-state index in [0.29, 0.717) is 18.1 Å². The van der Waals surface area contributed by atoms with Gasteiger partial charge in [0, 0.05) is 6.54 Å². The van der Waals surface area contributed by atoms with Gasteiger partial charge in [0.25, 0.3) is 6.43 Å². The van der Waals surface area contributed by atoms with E-state index in [0.717, 1.165) is 29.7 Å². The van der Waals surface area contributed by atoms with E-state index in [9.17, 15) is 8.78 Å². The molecule has 0 N–H and O–H groups in total. The minimum absolute atomic E-state index is 0.150. The van der Waals surface area contributed by atoms with Gasteiger partial charge in [-0.25, -0.2) is 8.78 Å². The molecule has 1 atom stereocenters. The van der Waals surface area contributed by atoms with Crippen molar-refractivity contribution in [3.05, 3.63) is 48.3 Å². The third-order valence-electron chi connectivity index (χ3n) is 4.33. The molecule has 0 saturated carbocycles. The van der Waals surface area contributed by atoms with Gasteiger partial charge in [-0.2, -0.15) is 4.52 Å². The Morgan fingerprint density at radius 3 is 2.76 bits per heavy atom. The number of alkyl halides is 2. The highest BCUT2D eigenvalue weighted by Crippen LogP contribution is 2.26. The second-order valence-corrected chi connectivity index (χ2v) is 5.93. The molecule has 0 radical (unpaired) electrons. The monoisotopic (exact) mass is 345 g/mol. The molecule has 8 heteroatoms. The van der Waals surface area contributed by atoms with Crippen LogP contribution >= 0.6 is 0 Å². The van der Waals surface area contributed by atoms with Crippen molar-refractivity contribution in [2.75, 3.05) is 18.1 Å². The molecule has 0 unspecified atom stereocenters. The molecular weight excluding hydrogens is 328 g/mol. The van der Waals surface area contributed by atoms with E-state index in [2.05, 4.69) is 20.2 Å². The quantitative estimate of drug-likeness (QED) is 0.711. The molecule has 130 valence electrons. The third-order valence-corrected chi connectivity index (χ3v) is 4.33. The second-order valence-electron chi connectivity index (χ2n) is 5.93. The molecule has 1 aliphatic rings. The molecule has 0 spiro atoms. The van der Waals surface area contributed by atoms with Gasteiger partial charge in [-0.3, -0.25) is 0 Å². The fraction of sp³-hybridized carbons (Fsp3) is 0.353. The van der Waals surface area contributed by atoms with E-state index in [1.165, 1.54) is 0 Å². The van der Waals surface area contributed by atoms with Gasteiger partial charge in [-0.05, 0) is 37.1 Å². The number of nitrogens with zero attached hydrogens (tertiary/aromatic N) is 5. The molecule has 4 rings (SSSR count). The topological polar surface area (TPSA) is 55.5 Å². The largest absolute Gasteiger partial charge is 0.491 e. The Labute approximate surface area is 143 Å². The average Bonchev–Trinajstić information content (AvgIpc) is 3.27. The highest BCUT2D eigenvalue weighted by molar-refractivity contribution is 5.47. The van der Waals surface area contributed by atoms with Crippen molar-refractivity contribution >= 4 is 11.5 Å². The summed E-state index contributed by atoms with van der Waals surface area (Å²) in [4.78, 5) is 2.09. The van der Waals surface area contributed by atoms with E-state index >= 15 is 0 Å². The van der Waals surface area contributed by atoms with Crippen molar-refractivity contribution in [3.8, 4) is 5.75 Å². The maximum absolute atomic E-state index is 13.0. The number of hydrogen-bond acceptors (Lipinski definition) is 5. The van der Waals surface area contributed by atoms with Crippen LogP contribution in [0.15, 0.2) is 42.5 Å². The molecule has 3 aromatic rings. The van der Waals surface area contributed by atoms with E-state index < -0.39 is 12.2 Å². The highest BCUT2D eigenvalue weighted by Gasteiger charge is 2.27. The Balaban J connectivity index is 1.55. The molecule has 0 bridgehead atoms. The highest BCUT2D eigenvalue weighted by atomic mass is 19.3. The maximum atomic E-state index is 13.0. The Morgan fingerprint density at radius 1 is 1.12 bits per heavy atom. The number of aromatic nitrogens is 4. The van der Waals surface area contributed by atoms with Crippen LogP contribution in [0.5, 0.6) is 5.75 Å². The van der Waals surface area contributed by atoms with Gasteiger partial charge in [-0.15, -0.1) is 15.3 Å². The van der Waals surface area contributed by atoms with Crippen LogP contribution in [0.3, 0.4) is 0 Å². The first-order valence-electron chi connectivity index (χ1n) is 8.17. The van der Waals surface area contributed by atoms with Crippen molar-refractivity contribution in [3.63, 3.8) is 0 Å². The standard InChI is InChI=1S/C17H17F2N5O/c18-16(19)17-21-20-14-8-9-15(22-24(14)17)23-10-4-5-12(23)11-25-13-6-2-1-3-7-13/h1-3,6-9,12,16H,4-5,10-11H2/t12-/m1/s1. The van der Waals surface area contributed by atoms with E-state index in [-0.39, 0.29) is 6.04 Å². The predicted molar refractivity (Wildman–Crippen MR) is 88.0 cm³/mol. The number of para-hydroxylation sites is 1. The van der Waals surface area contributed by atoms with Crippen LogP contribution in [-0.2, 0) is 0 Å². The summed E-state index contributed by atoms with van der Waals surface area (Å²) in [5.41, 5.74) is 0.315. The number of anilines is 1. The molecule has 25 heavy (non-hydrogen) atoms. The molecule has 3 heterocycles. The van der Waals surface area contributed by atoms with E-state index in [1.54, 1.807) is 12.1 Å². The Hall–Kier alpha value is -2.77. The molecule has 6 nitrogen and oxygen atoms in total. The summed E-state index contributed by atoms with van der Waals surface area (Å²) in [7, 11) is 0. The lowest BCUT2D eigenvalue weighted by atomic mass is 10.2. The molecule has 0 aliphatic carbocycles. The Morgan fingerprint density at radius 2 is 1.96 bits per heavy atom. The van der Waals surface area contributed by atoms with Gasteiger partial charge in [0.05, 0.1) is 6.04 Å². The van der Waals surface area contributed by atoms with Crippen molar-refractivity contribution in [1.29, 1.82) is 0 Å². The summed E-state index contributed by atoms with van der Waals surface area (Å²) in [6, 6.07) is 13.2. The van der Waals surface area contributed by atoms with Gasteiger partial charge in [0.1, 0.15) is 18.2 Å². The minimum atomic E-state index is -2.71. The lowest BCUT2D eigenvalue weighted by molar-refractivity contribution is 0.137. The molecular formula is C17H17F2N5O. The summed E-state index contributed by atoms with van der Waals surface area (Å²) in [5, 5.41) is 11.6. The Kier molecular flexibility index (Phi) is 4.17.